The Morgan fingerprint density at radius 2 is 2.29 bits per heavy atom. The summed E-state index contributed by atoms with van der Waals surface area (Å²) in [5, 5.41) is 0. The van der Waals surface area contributed by atoms with E-state index < -0.39 is 0 Å². The largest absolute Gasteiger partial charge is 0.505 e. The average molecular weight is 100 g/mol. The predicted molar refractivity (Wildman–Crippen MR) is 31.1 cm³/mol. The maximum absolute atomic E-state index is 4.66. The third-order valence-corrected chi connectivity index (χ3v) is 0.688. The van der Waals surface area contributed by atoms with Crippen LogP contribution in [-0.4, -0.2) is 7.11 Å². The molecule has 0 unspecified atom stereocenters. The molecule has 0 heterocycles. The SMILES string of the molecule is CCC/C=C/OC. The molecule has 1 heteroatoms. The first-order valence-corrected chi connectivity index (χ1v) is 2.59. The van der Waals surface area contributed by atoms with E-state index in [-0.39, 0.29) is 0 Å². The molecule has 0 rings (SSSR count). The monoisotopic (exact) mass is 100 g/mol. The summed E-state index contributed by atoms with van der Waals surface area (Å²) in [4.78, 5) is 0. The summed E-state index contributed by atoms with van der Waals surface area (Å²) >= 11 is 0. The number of ether oxygens (including phenoxy) is 1. The molecule has 0 saturated carbocycles. The van der Waals surface area contributed by atoms with Crippen LogP contribution in [0.1, 0.15) is 19.8 Å². The first kappa shape index (κ1) is 6.54. The van der Waals surface area contributed by atoms with Gasteiger partial charge >= 0.3 is 0 Å². The molecule has 0 atom stereocenters. The van der Waals surface area contributed by atoms with Gasteiger partial charge in [0.15, 0.2) is 0 Å². The third kappa shape index (κ3) is 5.54. The van der Waals surface area contributed by atoms with Crippen molar-refractivity contribution in [3.63, 3.8) is 0 Å². The Kier molecular flexibility index (Phi) is 5.18. The van der Waals surface area contributed by atoms with E-state index in [1.807, 2.05) is 6.08 Å². The molecule has 0 amide bonds. The lowest BCUT2D eigenvalue weighted by Crippen LogP contribution is -1.64. The van der Waals surface area contributed by atoms with Gasteiger partial charge in [0.25, 0.3) is 0 Å². The molecule has 0 aliphatic rings. The molecule has 0 aliphatic carbocycles. The Hall–Kier alpha value is -0.460. The first-order chi connectivity index (χ1) is 3.41. The zero-order valence-corrected chi connectivity index (χ0v) is 4.98. The van der Waals surface area contributed by atoms with Crippen molar-refractivity contribution in [2.45, 2.75) is 19.8 Å². The molecular weight excluding hydrogens is 88.1 g/mol. The molecule has 7 heavy (non-hydrogen) atoms. The van der Waals surface area contributed by atoms with Crippen LogP contribution in [0.3, 0.4) is 0 Å². The summed E-state index contributed by atoms with van der Waals surface area (Å²) in [5.41, 5.74) is 0. The second-order valence-electron chi connectivity index (χ2n) is 1.40. The van der Waals surface area contributed by atoms with E-state index in [1.54, 1.807) is 13.4 Å². The molecule has 0 aromatic heterocycles. The highest BCUT2D eigenvalue weighted by Crippen LogP contribution is 1.86. The van der Waals surface area contributed by atoms with Crippen molar-refractivity contribution in [2.24, 2.45) is 0 Å². The molecule has 0 spiro atoms. The quantitative estimate of drug-likeness (QED) is 0.492. The molecule has 0 fully saturated rings. The van der Waals surface area contributed by atoms with Gasteiger partial charge in [0, 0.05) is 0 Å². The van der Waals surface area contributed by atoms with Gasteiger partial charge in [-0.2, -0.15) is 0 Å². The standard InChI is InChI=1S/C6H12O/c1-3-4-5-6-7-2/h5-6H,3-4H2,1-2H3/b6-5+. The fourth-order valence-electron chi connectivity index (χ4n) is 0.331. The van der Waals surface area contributed by atoms with Crippen molar-refractivity contribution in [3.05, 3.63) is 12.3 Å². The lowest BCUT2D eigenvalue weighted by atomic mass is 10.3. The number of hydrogen-bond donors (Lipinski definition) is 0. The van der Waals surface area contributed by atoms with Gasteiger partial charge in [0.2, 0.25) is 0 Å². The van der Waals surface area contributed by atoms with Crippen molar-refractivity contribution in [1.82, 2.24) is 0 Å². The number of hydrogen-bond acceptors (Lipinski definition) is 1. The van der Waals surface area contributed by atoms with Gasteiger partial charge in [-0.15, -0.1) is 0 Å². The van der Waals surface area contributed by atoms with Crippen LogP contribution in [0.25, 0.3) is 0 Å². The highest BCUT2D eigenvalue weighted by molar-refractivity contribution is 4.71. The van der Waals surface area contributed by atoms with Gasteiger partial charge in [0.1, 0.15) is 0 Å². The van der Waals surface area contributed by atoms with Gasteiger partial charge in [-0.25, -0.2) is 0 Å². The molecule has 0 aromatic carbocycles. The zero-order chi connectivity index (χ0) is 5.54. The Morgan fingerprint density at radius 3 is 2.71 bits per heavy atom. The van der Waals surface area contributed by atoms with E-state index in [4.69, 9.17) is 0 Å². The summed E-state index contributed by atoms with van der Waals surface area (Å²) in [6.07, 6.45) is 6.04. The van der Waals surface area contributed by atoms with E-state index >= 15 is 0 Å². The minimum atomic E-state index is 1.12. The van der Waals surface area contributed by atoms with Gasteiger partial charge in [-0.05, 0) is 12.5 Å². The van der Waals surface area contributed by atoms with E-state index in [2.05, 4.69) is 11.7 Å². The van der Waals surface area contributed by atoms with Crippen LogP contribution in [0.2, 0.25) is 0 Å². The van der Waals surface area contributed by atoms with Crippen LogP contribution >= 0.6 is 0 Å². The second-order valence-corrected chi connectivity index (χ2v) is 1.40. The second kappa shape index (κ2) is 5.54. The van der Waals surface area contributed by atoms with Crippen molar-refractivity contribution < 1.29 is 4.74 Å². The minimum absolute atomic E-state index is 1.12. The van der Waals surface area contributed by atoms with Crippen molar-refractivity contribution in [3.8, 4) is 0 Å². The Labute approximate surface area is 45.0 Å². The van der Waals surface area contributed by atoms with Crippen LogP contribution < -0.4 is 0 Å². The third-order valence-electron chi connectivity index (χ3n) is 0.688. The Balaban J connectivity index is 2.78. The van der Waals surface area contributed by atoms with Crippen molar-refractivity contribution in [2.75, 3.05) is 7.11 Å². The summed E-state index contributed by atoms with van der Waals surface area (Å²) < 4.78 is 4.66. The minimum Gasteiger partial charge on any atom is -0.505 e. The smallest absolute Gasteiger partial charge is 0.0784 e. The van der Waals surface area contributed by atoms with Gasteiger partial charge in [-0.1, -0.05) is 13.3 Å². The van der Waals surface area contributed by atoms with Gasteiger partial charge in [0.05, 0.1) is 13.4 Å². The Bertz CT molecular complexity index is 48.1. The highest BCUT2D eigenvalue weighted by atomic mass is 16.5. The van der Waals surface area contributed by atoms with Crippen LogP contribution in [0, 0.1) is 0 Å². The molecular formula is C6H12O. The predicted octanol–water partition coefficient (Wildman–Crippen LogP) is 1.95. The van der Waals surface area contributed by atoms with E-state index in [1.165, 1.54) is 6.42 Å². The first-order valence-electron chi connectivity index (χ1n) is 2.59. The molecule has 0 saturated heterocycles. The molecule has 0 N–H and O–H groups in total. The van der Waals surface area contributed by atoms with E-state index in [0.717, 1.165) is 6.42 Å². The number of allylic oxidation sites excluding steroid dienone is 1. The fraction of sp³-hybridized carbons (Fsp3) is 0.667. The van der Waals surface area contributed by atoms with Gasteiger partial charge < -0.3 is 4.74 Å². The van der Waals surface area contributed by atoms with Crippen LogP contribution in [0.4, 0.5) is 0 Å². The van der Waals surface area contributed by atoms with Crippen LogP contribution in [0.15, 0.2) is 12.3 Å². The lowest BCUT2D eigenvalue weighted by Gasteiger charge is -1.83. The van der Waals surface area contributed by atoms with Gasteiger partial charge in [-0.3, -0.25) is 0 Å². The van der Waals surface area contributed by atoms with Crippen LogP contribution in [0.5, 0.6) is 0 Å². The molecule has 1 nitrogen and oxygen atoms in total. The molecule has 42 valence electrons. The van der Waals surface area contributed by atoms with Crippen LogP contribution in [-0.2, 0) is 4.74 Å². The average Bonchev–Trinajstić information content (AvgIpc) is 1.69. The summed E-state index contributed by atoms with van der Waals surface area (Å²) in [6.45, 7) is 2.14. The number of methoxy groups -OCH3 is 1. The highest BCUT2D eigenvalue weighted by Gasteiger charge is 1.68. The summed E-state index contributed by atoms with van der Waals surface area (Å²) in [5.74, 6) is 0. The normalized spacial score (nSPS) is 10.0. The van der Waals surface area contributed by atoms with E-state index in [0.29, 0.717) is 0 Å². The fourth-order valence-corrected chi connectivity index (χ4v) is 0.331. The van der Waals surface area contributed by atoms with Crippen molar-refractivity contribution >= 4 is 0 Å². The van der Waals surface area contributed by atoms with Crippen molar-refractivity contribution in [1.29, 1.82) is 0 Å². The molecule has 0 aliphatic heterocycles. The lowest BCUT2D eigenvalue weighted by molar-refractivity contribution is 0.336. The van der Waals surface area contributed by atoms with E-state index in [9.17, 15) is 0 Å². The summed E-state index contributed by atoms with van der Waals surface area (Å²) in [6, 6.07) is 0. The Morgan fingerprint density at radius 1 is 1.57 bits per heavy atom. The zero-order valence-electron chi connectivity index (χ0n) is 4.98. The molecule has 0 bridgehead atoms. The maximum Gasteiger partial charge on any atom is 0.0784 e. The number of rotatable bonds is 3. The topological polar surface area (TPSA) is 9.23 Å². The summed E-state index contributed by atoms with van der Waals surface area (Å²) in [7, 11) is 1.66. The molecule has 0 radical (unpaired) electrons. The molecule has 0 aromatic rings. The number of unbranched alkanes of at least 4 members (excludes halogenated alkanes) is 1. The maximum atomic E-state index is 4.66.